The number of nitrogens with zero attached hydrogens (tertiary/aromatic N) is 2. The molecule has 2 aliphatic heterocycles. The summed E-state index contributed by atoms with van der Waals surface area (Å²) in [5.41, 5.74) is 1.14. The molecule has 2 aromatic rings. The number of hydrogen-bond donors (Lipinski definition) is 0. The second-order valence-corrected chi connectivity index (χ2v) is 9.67. The molecule has 2 heterocycles. The number of fused-ring (bicyclic) bond motifs is 1. The predicted octanol–water partition coefficient (Wildman–Crippen LogP) is 2.32. The van der Waals surface area contributed by atoms with Crippen LogP contribution >= 0.6 is 0 Å². The summed E-state index contributed by atoms with van der Waals surface area (Å²) in [6, 6.07) is 12.4. The Hall–Kier alpha value is -2.78. The molecular formula is C23H28N2O6S. The van der Waals surface area contributed by atoms with Crippen LogP contribution in [0, 0.1) is 0 Å². The number of piperazine rings is 1. The number of hydrogen-bond acceptors (Lipinski definition) is 6. The summed E-state index contributed by atoms with van der Waals surface area (Å²) in [5, 5.41) is 0. The maximum atomic E-state index is 13.1. The molecule has 0 radical (unpaired) electrons. The van der Waals surface area contributed by atoms with Crippen molar-refractivity contribution < 1.29 is 27.4 Å². The summed E-state index contributed by atoms with van der Waals surface area (Å²) >= 11 is 0. The molecule has 0 aliphatic carbocycles. The third-order valence-corrected chi connectivity index (χ3v) is 7.51. The van der Waals surface area contributed by atoms with Crippen LogP contribution in [0.4, 0.5) is 0 Å². The molecule has 2 aliphatic rings. The maximum absolute atomic E-state index is 13.1. The van der Waals surface area contributed by atoms with Crippen LogP contribution in [-0.4, -0.2) is 69.5 Å². The van der Waals surface area contributed by atoms with Gasteiger partial charge in [0.05, 0.1) is 18.1 Å². The van der Waals surface area contributed by atoms with Gasteiger partial charge in [-0.1, -0.05) is 19.1 Å². The van der Waals surface area contributed by atoms with E-state index in [1.165, 1.54) is 10.4 Å². The molecule has 172 valence electrons. The van der Waals surface area contributed by atoms with Crippen LogP contribution in [0.2, 0.25) is 0 Å². The first-order valence-electron chi connectivity index (χ1n) is 10.9. The highest BCUT2D eigenvalue weighted by molar-refractivity contribution is 7.89. The zero-order valence-electron chi connectivity index (χ0n) is 18.2. The lowest BCUT2D eigenvalue weighted by Gasteiger charge is -2.34. The van der Waals surface area contributed by atoms with Crippen LogP contribution in [0.1, 0.15) is 18.9 Å². The zero-order valence-corrected chi connectivity index (χ0v) is 19.0. The highest BCUT2D eigenvalue weighted by Gasteiger charge is 2.31. The number of ether oxygens (including phenoxy) is 3. The van der Waals surface area contributed by atoms with Gasteiger partial charge in [0, 0.05) is 38.7 Å². The summed E-state index contributed by atoms with van der Waals surface area (Å²) in [4.78, 5) is 14.4. The lowest BCUT2D eigenvalue weighted by Crippen LogP contribution is -2.51. The van der Waals surface area contributed by atoms with Crippen molar-refractivity contribution in [3.63, 3.8) is 0 Å². The molecule has 8 nitrogen and oxygen atoms in total. The van der Waals surface area contributed by atoms with Crippen molar-refractivity contribution in [2.75, 3.05) is 46.0 Å². The van der Waals surface area contributed by atoms with E-state index in [-0.39, 0.29) is 30.5 Å². The Morgan fingerprint density at radius 1 is 1.00 bits per heavy atom. The first-order chi connectivity index (χ1) is 15.5. The number of aryl methyl sites for hydroxylation is 1. The third-order valence-electron chi connectivity index (χ3n) is 5.62. The fourth-order valence-electron chi connectivity index (χ4n) is 3.72. The maximum Gasteiger partial charge on any atom is 0.260 e. The second kappa shape index (κ2) is 9.79. The lowest BCUT2D eigenvalue weighted by molar-refractivity contribution is -0.134. The molecule has 4 rings (SSSR count). The SMILES string of the molecule is CCc1cccc(OCC(=O)N2CCN(S(=O)(=O)c3ccc4c(c3)OCCCO4)CC2)c1. The molecule has 0 bridgehead atoms. The molecule has 1 amide bonds. The monoisotopic (exact) mass is 460 g/mol. The molecule has 1 saturated heterocycles. The lowest BCUT2D eigenvalue weighted by atomic mass is 10.2. The predicted molar refractivity (Wildman–Crippen MR) is 119 cm³/mol. The number of benzene rings is 2. The molecule has 0 atom stereocenters. The van der Waals surface area contributed by atoms with Crippen LogP contribution in [-0.2, 0) is 21.2 Å². The first kappa shape index (κ1) is 22.4. The van der Waals surface area contributed by atoms with Crippen LogP contribution < -0.4 is 14.2 Å². The van der Waals surface area contributed by atoms with Crippen LogP contribution in [0.15, 0.2) is 47.4 Å². The Morgan fingerprint density at radius 2 is 1.75 bits per heavy atom. The highest BCUT2D eigenvalue weighted by Crippen LogP contribution is 2.33. The fourth-order valence-corrected chi connectivity index (χ4v) is 5.16. The van der Waals surface area contributed by atoms with Crippen LogP contribution in [0.3, 0.4) is 0 Å². The fraction of sp³-hybridized carbons (Fsp3) is 0.435. The normalized spacial score (nSPS) is 17.0. The van der Waals surface area contributed by atoms with Crippen molar-refractivity contribution in [1.29, 1.82) is 0 Å². The van der Waals surface area contributed by atoms with E-state index in [0.717, 1.165) is 18.4 Å². The Morgan fingerprint density at radius 3 is 2.50 bits per heavy atom. The molecule has 2 aromatic carbocycles. The standard InChI is InChI=1S/C23H28N2O6S/c1-2-18-5-3-6-19(15-18)31-17-23(26)24-9-11-25(12-10-24)32(27,28)20-7-8-21-22(16-20)30-14-4-13-29-21/h3,5-8,15-16H,2,4,9-14,17H2,1H3. The Balaban J connectivity index is 1.34. The Labute approximate surface area is 188 Å². The van der Waals surface area contributed by atoms with E-state index in [1.54, 1.807) is 17.0 Å². The van der Waals surface area contributed by atoms with Gasteiger partial charge in [0.1, 0.15) is 5.75 Å². The summed E-state index contributed by atoms with van der Waals surface area (Å²) in [5.74, 6) is 1.51. The van der Waals surface area contributed by atoms with E-state index in [0.29, 0.717) is 43.6 Å². The summed E-state index contributed by atoms with van der Waals surface area (Å²) in [6.07, 6.45) is 1.64. The number of rotatable bonds is 6. The highest BCUT2D eigenvalue weighted by atomic mass is 32.2. The molecule has 9 heteroatoms. The van der Waals surface area contributed by atoms with Gasteiger partial charge in [-0.2, -0.15) is 4.31 Å². The average Bonchev–Trinajstić information content (AvgIpc) is 3.07. The minimum Gasteiger partial charge on any atom is -0.490 e. The Bertz CT molecular complexity index is 1060. The van der Waals surface area contributed by atoms with Crippen molar-refractivity contribution in [2.24, 2.45) is 0 Å². The first-order valence-corrected chi connectivity index (χ1v) is 12.3. The largest absolute Gasteiger partial charge is 0.490 e. The van der Waals surface area contributed by atoms with Gasteiger partial charge in [0.25, 0.3) is 5.91 Å². The van der Waals surface area contributed by atoms with E-state index in [2.05, 4.69) is 6.92 Å². The number of carbonyl (C=O) groups excluding carboxylic acids is 1. The topological polar surface area (TPSA) is 85.4 Å². The third kappa shape index (κ3) is 4.99. The van der Waals surface area contributed by atoms with Gasteiger partial charge >= 0.3 is 0 Å². The quantitative estimate of drug-likeness (QED) is 0.658. The van der Waals surface area contributed by atoms with E-state index in [9.17, 15) is 13.2 Å². The van der Waals surface area contributed by atoms with Crippen molar-refractivity contribution >= 4 is 15.9 Å². The van der Waals surface area contributed by atoms with Gasteiger partial charge in [-0.3, -0.25) is 4.79 Å². The van der Waals surface area contributed by atoms with Crippen molar-refractivity contribution in [2.45, 2.75) is 24.7 Å². The van der Waals surface area contributed by atoms with Gasteiger partial charge in [-0.15, -0.1) is 0 Å². The molecule has 0 aromatic heterocycles. The number of amides is 1. The van der Waals surface area contributed by atoms with Gasteiger partial charge in [-0.25, -0.2) is 8.42 Å². The number of carbonyl (C=O) groups is 1. The number of sulfonamides is 1. The van der Waals surface area contributed by atoms with Crippen LogP contribution in [0.25, 0.3) is 0 Å². The molecule has 0 N–H and O–H groups in total. The average molecular weight is 461 g/mol. The van der Waals surface area contributed by atoms with Crippen LogP contribution in [0.5, 0.6) is 17.2 Å². The molecule has 0 unspecified atom stereocenters. The molecule has 0 spiro atoms. The van der Waals surface area contributed by atoms with Crippen molar-refractivity contribution in [3.05, 3.63) is 48.0 Å². The second-order valence-electron chi connectivity index (χ2n) is 7.73. The van der Waals surface area contributed by atoms with E-state index < -0.39 is 10.0 Å². The summed E-state index contributed by atoms with van der Waals surface area (Å²) < 4.78 is 44.5. The minimum atomic E-state index is -3.69. The molecule has 1 fully saturated rings. The van der Waals surface area contributed by atoms with E-state index in [1.807, 2.05) is 24.3 Å². The zero-order chi connectivity index (χ0) is 22.6. The smallest absolute Gasteiger partial charge is 0.260 e. The summed E-state index contributed by atoms with van der Waals surface area (Å²) in [6.45, 7) is 4.13. The minimum absolute atomic E-state index is 0.0674. The van der Waals surface area contributed by atoms with Crippen molar-refractivity contribution in [1.82, 2.24) is 9.21 Å². The van der Waals surface area contributed by atoms with Crippen molar-refractivity contribution in [3.8, 4) is 17.2 Å². The van der Waals surface area contributed by atoms with Gasteiger partial charge < -0.3 is 19.1 Å². The van der Waals surface area contributed by atoms with E-state index >= 15 is 0 Å². The Kier molecular flexibility index (Phi) is 6.86. The molecule has 0 saturated carbocycles. The molecule has 32 heavy (non-hydrogen) atoms. The van der Waals surface area contributed by atoms with E-state index in [4.69, 9.17) is 14.2 Å². The van der Waals surface area contributed by atoms with Gasteiger partial charge in [-0.05, 0) is 36.2 Å². The van der Waals surface area contributed by atoms with Gasteiger partial charge in [0.15, 0.2) is 18.1 Å². The summed E-state index contributed by atoms with van der Waals surface area (Å²) in [7, 11) is -3.69. The molecular weight excluding hydrogens is 432 g/mol. The van der Waals surface area contributed by atoms with Gasteiger partial charge in [0.2, 0.25) is 10.0 Å².